The second-order valence-corrected chi connectivity index (χ2v) is 6.05. The number of rotatable bonds is 8. The Morgan fingerprint density at radius 3 is 2.70 bits per heavy atom. The van der Waals surface area contributed by atoms with Crippen LogP contribution in [0.2, 0.25) is 0 Å². The molecule has 1 N–H and O–H groups in total. The summed E-state index contributed by atoms with van der Waals surface area (Å²) in [5.41, 5.74) is 2.33. The minimum absolute atomic E-state index is 0.0251. The molecule has 0 bridgehead atoms. The minimum Gasteiger partial charge on any atom is -0.477 e. The van der Waals surface area contributed by atoms with E-state index in [2.05, 4.69) is 50.6 Å². The third-order valence-electron chi connectivity index (χ3n) is 2.96. The molecule has 0 fully saturated rings. The van der Waals surface area contributed by atoms with Crippen LogP contribution in [0.1, 0.15) is 51.8 Å². The lowest BCUT2D eigenvalue weighted by molar-refractivity contribution is 0.309. The summed E-state index contributed by atoms with van der Waals surface area (Å²) in [6.07, 6.45) is 3.84. The summed E-state index contributed by atoms with van der Waals surface area (Å²) in [6, 6.07) is 4.20. The Balaban J connectivity index is 2.86. The Morgan fingerprint density at radius 1 is 1.35 bits per heavy atom. The molecule has 0 radical (unpaired) electrons. The van der Waals surface area contributed by atoms with Gasteiger partial charge < -0.3 is 10.1 Å². The average Bonchev–Trinajstić information content (AvgIpc) is 2.38. The van der Waals surface area contributed by atoms with Crippen LogP contribution in [0.5, 0.6) is 5.88 Å². The van der Waals surface area contributed by atoms with Crippen LogP contribution in [0.3, 0.4) is 0 Å². The van der Waals surface area contributed by atoms with Crippen LogP contribution < -0.4 is 10.1 Å². The summed E-state index contributed by atoms with van der Waals surface area (Å²) < 4.78 is 5.72. The first kappa shape index (κ1) is 16.7. The maximum absolute atomic E-state index is 5.72. The molecule has 1 aromatic rings. The van der Waals surface area contributed by atoms with Gasteiger partial charge in [-0.25, -0.2) is 4.98 Å². The van der Waals surface area contributed by atoms with Crippen molar-refractivity contribution in [1.29, 1.82) is 0 Å². The number of aromatic nitrogens is 1. The minimum atomic E-state index is 0.0251. The van der Waals surface area contributed by atoms with E-state index >= 15 is 0 Å². The lowest BCUT2D eigenvalue weighted by Crippen LogP contribution is -2.18. The molecule has 1 rings (SSSR count). The Kier molecular flexibility index (Phi) is 6.73. The normalized spacial score (nSPS) is 11.4. The molecular weight excluding hydrogens is 248 g/mol. The van der Waals surface area contributed by atoms with Gasteiger partial charge in [0.05, 0.1) is 12.3 Å². The van der Waals surface area contributed by atoms with Crippen molar-refractivity contribution in [3.8, 4) is 5.88 Å². The van der Waals surface area contributed by atoms with Crippen LogP contribution in [0, 0.1) is 0 Å². The Labute approximate surface area is 123 Å². The van der Waals surface area contributed by atoms with Crippen LogP contribution in [-0.2, 0) is 12.0 Å². The maximum Gasteiger partial charge on any atom is 0.213 e. The van der Waals surface area contributed by atoms with Crippen LogP contribution >= 0.6 is 0 Å². The molecule has 0 aliphatic heterocycles. The average molecular weight is 276 g/mol. The molecule has 1 aromatic heterocycles. The van der Waals surface area contributed by atoms with Gasteiger partial charge in [0.2, 0.25) is 5.88 Å². The summed E-state index contributed by atoms with van der Waals surface area (Å²) in [7, 11) is 0. The van der Waals surface area contributed by atoms with Gasteiger partial charge in [-0.05, 0) is 31.0 Å². The van der Waals surface area contributed by atoms with E-state index in [-0.39, 0.29) is 5.41 Å². The Hall–Kier alpha value is -1.35. The molecule has 0 atom stereocenters. The van der Waals surface area contributed by atoms with Crippen molar-refractivity contribution in [3.63, 3.8) is 0 Å². The summed E-state index contributed by atoms with van der Waals surface area (Å²) >= 11 is 0. The molecule has 0 saturated heterocycles. The van der Waals surface area contributed by atoms with Crippen LogP contribution in [0.25, 0.3) is 0 Å². The molecule has 0 aliphatic carbocycles. The van der Waals surface area contributed by atoms with Gasteiger partial charge in [0.25, 0.3) is 0 Å². The van der Waals surface area contributed by atoms with Crippen molar-refractivity contribution in [3.05, 3.63) is 36.0 Å². The third-order valence-corrected chi connectivity index (χ3v) is 2.96. The molecule has 0 amide bonds. The number of hydrogen-bond acceptors (Lipinski definition) is 3. The first-order chi connectivity index (χ1) is 9.47. The summed E-state index contributed by atoms with van der Waals surface area (Å²) in [5.74, 6) is 0.715. The fraction of sp³-hybridized carbons (Fsp3) is 0.588. The number of ether oxygens (including phenoxy) is 1. The Morgan fingerprint density at radius 2 is 2.10 bits per heavy atom. The van der Waals surface area contributed by atoms with E-state index in [0.717, 1.165) is 31.6 Å². The van der Waals surface area contributed by atoms with Gasteiger partial charge in [-0.15, -0.1) is 6.58 Å². The van der Waals surface area contributed by atoms with E-state index in [4.69, 9.17) is 4.74 Å². The largest absolute Gasteiger partial charge is 0.477 e. The number of nitrogens with one attached hydrogen (secondary N) is 1. The molecule has 20 heavy (non-hydrogen) atoms. The maximum atomic E-state index is 5.72. The monoisotopic (exact) mass is 276 g/mol. The van der Waals surface area contributed by atoms with Gasteiger partial charge in [0, 0.05) is 18.0 Å². The van der Waals surface area contributed by atoms with Crippen LogP contribution in [0.15, 0.2) is 24.8 Å². The van der Waals surface area contributed by atoms with Crippen molar-refractivity contribution >= 4 is 0 Å². The van der Waals surface area contributed by atoms with E-state index in [1.807, 2.05) is 12.1 Å². The van der Waals surface area contributed by atoms with Crippen molar-refractivity contribution in [1.82, 2.24) is 10.3 Å². The zero-order valence-corrected chi connectivity index (χ0v) is 13.3. The number of pyridine rings is 1. The SMILES string of the molecule is C=CCCOc1cc(CNCCC)cc(C(C)(C)C)n1. The molecular formula is C17H28N2O. The number of hydrogen-bond donors (Lipinski definition) is 1. The van der Waals surface area contributed by atoms with Crippen molar-refractivity contribution in [2.75, 3.05) is 13.2 Å². The topological polar surface area (TPSA) is 34.1 Å². The predicted octanol–water partition coefficient (Wildman–Crippen LogP) is 3.83. The Bertz CT molecular complexity index is 421. The lowest BCUT2D eigenvalue weighted by atomic mass is 9.91. The molecule has 0 aliphatic rings. The van der Waals surface area contributed by atoms with Crippen molar-refractivity contribution in [2.45, 2.75) is 52.5 Å². The lowest BCUT2D eigenvalue weighted by Gasteiger charge is -2.20. The highest BCUT2D eigenvalue weighted by Gasteiger charge is 2.17. The fourth-order valence-electron chi connectivity index (χ4n) is 1.78. The second-order valence-electron chi connectivity index (χ2n) is 6.05. The third kappa shape index (κ3) is 5.74. The number of nitrogens with zero attached hydrogens (tertiary/aromatic N) is 1. The summed E-state index contributed by atoms with van der Waals surface area (Å²) in [6.45, 7) is 14.9. The molecule has 0 saturated carbocycles. The molecule has 0 spiro atoms. The second kappa shape index (κ2) is 8.05. The molecule has 0 aromatic carbocycles. The smallest absolute Gasteiger partial charge is 0.213 e. The van der Waals surface area contributed by atoms with Gasteiger partial charge in [-0.1, -0.05) is 33.8 Å². The first-order valence-corrected chi connectivity index (χ1v) is 7.43. The highest BCUT2D eigenvalue weighted by Crippen LogP contribution is 2.24. The van der Waals surface area contributed by atoms with Crippen molar-refractivity contribution in [2.24, 2.45) is 0 Å². The molecule has 112 valence electrons. The molecule has 3 heteroatoms. The van der Waals surface area contributed by atoms with Crippen LogP contribution in [0.4, 0.5) is 0 Å². The van der Waals surface area contributed by atoms with Gasteiger partial charge in [-0.2, -0.15) is 0 Å². The zero-order valence-electron chi connectivity index (χ0n) is 13.3. The van der Waals surface area contributed by atoms with Crippen molar-refractivity contribution < 1.29 is 4.74 Å². The van der Waals surface area contributed by atoms with Gasteiger partial charge >= 0.3 is 0 Å². The van der Waals surface area contributed by atoms with Gasteiger partial charge in [0.15, 0.2) is 0 Å². The first-order valence-electron chi connectivity index (χ1n) is 7.43. The standard InChI is InChI=1S/C17H28N2O/c1-6-8-10-20-16-12-14(13-18-9-7-2)11-15(19-16)17(3,4)5/h6,11-12,18H,1,7-10,13H2,2-5H3. The summed E-state index contributed by atoms with van der Waals surface area (Å²) in [5, 5.41) is 3.42. The highest BCUT2D eigenvalue weighted by atomic mass is 16.5. The highest BCUT2D eigenvalue weighted by molar-refractivity contribution is 5.28. The van der Waals surface area contributed by atoms with Gasteiger partial charge in [-0.3, -0.25) is 0 Å². The van der Waals surface area contributed by atoms with E-state index in [9.17, 15) is 0 Å². The van der Waals surface area contributed by atoms with E-state index in [0.29, 0.717) is 12.5 Å². The molecule has 0 unspecified atom stereocenters. The molecule has 3 nitrogen and oxygen atoms in total. The van der Waals surface area contributed by atoms with E-state index < -0.39 is 0 Å². The summed E-state index contributed by atoms with van der Waals surface area (Å²) in [4.78, 5) is 4.62. The predicted molar refractivity (Wildman–Crippen MR) is 85.2 cm³/mol. The van der Waals surface area contributed by atoms with E-state index in [1.165, 1.54) is 5.56 Å². The van der Waals surface area contributed by atoms with Crippen LogP contribution in [-0.4, -0.2) is 18.1 Å². The zero-order chi connectivity index (χ0) is 15.0. The molecule has 1 heterocycles. The fourth-order valence-corrected chi connectivity index (χ4v) is 1.78. The quantitative estimate of drug-likeness (QED) is 0.579. The van der Waals surface area contributed by atoms with Gasteiger partial charge in [0.1, 0.15) is 0 Å². The van der Waals surface area contributed by atoms with E-state index in [1.54, 1.807) is 0 Å².